The summed E-state index contributed by atoms with van der Waals surface area (Å²) in [6, 6.07) is 0. The molecule has 0 spiro atoms. The van der Waals surface area contributed by atoms with Crippen molar-refractivity contribution in [2.45, 2.75) is 24.1 Å². The molecule has 0 aromatic carbocycles. The minimum absolute atomic E-state index is 0.187. The van der Waals surface area contributed by atoms with E-state index in [4.69, 9.17) is 9.47 Å². The summed E-state index contributed by atoms with van der Waals surface area (Å²) in [4.78, 5) is 0. The monoisotopic (exact) mass is 226 g/mol. The summed E-state index contributed by atoms with van der Waals surface area (Å²) in [6.45, 7) is 0. The lowest BCUT2D eigenvalue weighted by atomic mass is 10.1. The Bertz CT molecular complexity index is 174. The molecular weight excluding hydrogens is 212 g/mol. The molecule has 6 heteroatoms. The third kappa shape index (κ3) is 1.84. The van der Waals surface area contributed by atoms with Gasteiger partial charge < -0.3 is 19.7 Å². The van der Waals surface area contributed by atoms with E-state index in [2.05, 4.69) is 25.3 Å². The topological polar surface area (TPSA) is 58.9 Å². The predicted octanol–water partition coefficient (Wildman–Crippen LogP) is -0.691. The fourth-order valence-electron chi connectivity index (χ4n) is 1.37. The van der Waals surface area contributed by atoms with Crippen molar-refractivity contribution in [3.8, 4) is 0 Å². The molecule has 2 N–H and O–H groups in total. The Labute approximate surface area is 88.0 Å². The van der Waals surface area contributed by atoms with Crippen LogP contribution in [0.15, 0.2) is 0 Å². The number of hydrogen-bond donors (Lipinski definition) is 4. The van der Waals surface area contributed by atoms with Crippen LogP contribution in [0.4, 0.5) is 0 Å². The summed E-state index contributed by atoms with van der Waals surface area (Å²) < 4.78 is 10.4. The fraction of sp³-hybridized carbons (Fsp3) is 1.00. The number of thiol groups is 2. The van der Waals surface area contributed by atoms with Crippen LogP contribution in [0.25, 0.3) is 0 Å². The highest BCUT2D eigenvalue weighted by Gasteiger charge is 2.53. The number of ether oxygens (including phenoxy) is 2. The van der Waals surface area contributed by atoms with Crippen molar-refractivity contribution < 1.29 is 19.7 Å². The lowest BCUT2D eigenvalue weighted by molar-refractivity contribution is -0.226. The van der Waals surface area contributed by atoms with E-state index in [9.17, 15) is 10.2 Å². The molecule has 1 heterocycles. The molecule has 13 heavy (non-hydrogen) atoms. The number of methoxy groups -OCH3 is 1. The summed E-state index contributed by atoms with van der Waals surface area (Å²) >= 11 is 8.01. The molecule has 0 amide bonds. The molecule has 1 saturated heterocycles. The zero-order chi connectivity index (χ0) is 10.1. The van der Waals surface area contributed by atoms with Gasteiger partial charge in [0, 0.05) is 18.6 Å². The van der Waals surface area contributed by atoms with Gasteiger partial charge in [0.25, 0.3) is 0 Å². The zero-order valence-corrected chi connectivity index (χ0v) is 9.04. The molecule has 0 saturated carbocycles. The molecule has 0 radical (unpaired) electrons. The van der Waals surface area contributed by atoms with Crippen LogP contribution in [0.2, 0.25) is 0 Å². The Hall–Kier alpha value is 0.540. The van der Waals surface area contributed by atoms with Crippen LogP contribution in [0, 0.1) is 0 Å². The molecule has 0 aromatic rings. The average molecular weight is 226 g/mol. The van der Waals surface area contributed by atoms with Gasteiger partial charge in [0.05, 0.1) is 6.10 Å². The number of aliphatic hydroxyl groups is 2. The van der Waals surface area contributed by atoms with Crippen molar-refractivity contribution in [1.29, 1.82) is 0 Å². The molecule has 1 aliphatic rings. The smallest absolute Gasteiger partial charge is 0.206 e. The van der Waals surface area contributed by atoms with Gasteiger partial charge in [-0.2, -0.15) is 25.3 Å². The summed E-state index contributed by atoms with van der Waals surface area (Å²) in [5, 5.41) is 19.1. The first kappa shape index (κ1) is 11.6. The van der Waals surface area contributed by atoms with Crippen LogP contribution in [-0.4, -0.2) is 52.9 Å². The first-order valence-electron chi connectivity index (χ1n) is 3.92. The number of aliphatic hydroxyl groups excluding tert-OH is 2. The van der Waals surface area contributed by atoms with Gasteiger partial charge in [0.2, 0.25) is 5.79 Å². The predicted molar refractivity (Wildman–Crippen MR) is 54.3 cm³/mol. The summed E-state index contributed by atoms with van der Waals surface area (Å²) in [7, 11) is 1.41. The Kier molecular flexibility index (Phi) is 3.91. The van der Waals surface area contributed by atoms with Crippen LogP contribution in [0.1, 0.15) is 0 Å². The number of rotatable bonds is 3. The molecule has 1 aliphatic heterocycles. The van der Waals surface area contributed by atoms with E-state index in [0.717, 1.165) is 0 Å². The number of hydrogen-bond acceptors (Lipinski definition) is 6. The van der Waals surface area contributed by atoms with Crippen LogP contribution in [0.3, 0.4) is 0 Å². The quantitative estimate of drug-likeness (QED) is 0.481. The van der Waals surface area contributed by atoms with Crippen LogP contribution >= 0.6 is 25.3 Å². The molecule has 1 fully saturated rings. The minimum atomic E-state index is -1.20. The van der Waals surface area contributed by atoms with E-state index in [1.165, 1.54) is 7.11 Å². The zero-order valence-electron chi connectivity index (χ0n) is 7.25. The minimum Gasteiger partial charge on any atom is -0.387 e. The lowest BCUT2D eigenvalue weighted by Crippen LogP contribution is -2.46. The molecule has 4 unspecified atom stereocenters. The fourth-order valence-corrected chi connectivity index (χ4v) is 2.05. The first-order valence-corrected chi connectivity index (χ1v) is 5.18. The van der Waals surface area contributed by atoms with Gasteiger partial charge in [-0.1, -0.05) is 0 Å². The molecule has 0 aliphatic carbocycles. The molecule has 4 atom stereocenters. The van der Waals surface area contributed by atoms with Crippen molar-refractivity contribution in [2.75, 3.05) is 18.6 Å². The van der Waals surface area contributed by atoms with Crippen molar-refractivity contribution in [1.82, 2.24) is 0 Å². The van der Waals surface area contributed by atoms with Gasteiger partial charge in [-0.3, -0.25) is 0 Å². The Morgan fingerprint density at radius 1 is 1.46 bits per heavy atom. The summed E-state index contributed by atoms with van der Waals surface area (Å²) in [6.07, 6.45) is -2.55. The maximum Gasteiger partial charge on any atom is 0.206 e. The van der Waals surface area contributed by atoms with Gasteiger partial charge in [0.15, 0.2) is 0 Å². The maximum absolute atomic E-state index is 9.63. The second-order valence-electron chi connectivity index (χ2n) is 2.95. The highest BCUT2D eigenvalue weighted by Crippen LogP contribution is 2.33. The van der Waals surface area contributed by atoms with E-state index in [0.29, 0.717) is 5.75 Å². The Balaban J connectivity index is 2.79. The molecule has 78 valence electrons. The van der Waals surface area contributed by atoms with E-state index in [1.807, 2.05) is 0 Å². The highest BCUT2D eigenvalue weighted by molar-refractivity contribution is 7.80. The molecule has 4 nitrogen and oxygen atoms in total. The third-order valence-corrected chi connectivity index (χ3v) is 3.05. The van der Waals surface area contributed by atoms with Gasteiger partial charge in [-0.25, -0.2) is 0 Å². The van der Waals surface area contributed by atoms with Gasteiger partial charge in [-0.05, 0) is 0 Å². The van der Waals surface area contributed by atoms with E-state index < -0.39 is 24.1 Å². The highest BCUT2D eigenvalue weighted by atomic mass is 32.1. The van der Waals surface area contributed by atoms with Crippen molar-refractivity contribution >= 4 is 25.3 Å². The van der Waals surface area contributed by atoms with Crippen molar-refractivity contribution in [3.63, 3.8) is 0 Å². The first-order chi connectivity index (χ1) is 6.11. The molecule has 0 bridgehead atoms. The second-order valence-corrected chi connectivity index (χ2v) is 3.63. The molecule has 0 aromatic heterocycles. The Morgan fingerprint density at radius 2 is 2.08 bits per heavy atom. The van der Waals surface area contributed by atoms with Crippen LogP contribution in [0.5, 0.6) is 0 Å². The average Bonchev–Trinajstić information content (AvgIpc) is 2.42. The Morgan fingerprint density at radius 3 is 2.31 bits per heavy atom. The van der Waals surface area contributed by atoms with E-state index >= 15 is 0 Å². The van der Waals surface area contributed by atoms with Crippen LogP contribution < -0.4 is 0 Å². The third-order valence-electron chi connectivity index (χ3n) is 2.25. The van der Waals surface area contributed by atoms with Gasteiger partial charge in [0.1, 0.15) is 12.2 Å². The lowest BCUT2D eigenvalue weighted by Gasteiger charge is -2.28. The van der Waals surface area contributed by atoms with E-state index in [-0.39, 0.29) is 5.75 Å². The van der Waals surface area contributed by atoms with E-state index in [1.54, 1.807) is 0 Å². The second kappa shape index (κ2) is 4.37. The van der Waals surface area contributed by atoms with Crippen molar-refractivity contribution in [2.24, 2.45) is 0 Å². The molecule has 1 rings (SSSR count). The maximum atomic E-state index is 9.63. The SMILES string of the molecule is COC1(CS)OC(CS)C(O)C1O. The largest absolute Gasteiger partial charge is 0.387 e. The molecular formula is C7H14O4S2. The van der Waals surface area contributed by atoms with Gasteiger partial charge >= 0.3 is 0 Å². The van der Waals surface area contributed by atoms with Gasteiger partial charge in [-0.15, -0.1) is 0 Å². The summed E-state index contributed by atoms with van der Waals surface area (Å²) in [5.74, 6) is -0.682. The summed E-state index contributed by atoms with van der Waals surface area (Å²) in [5.41, 5.74) is 0. The normalized spacial score (nSPS) is 45.5. The van der Waals surface area contributed by atoms with Crippen molar-refractivity contribution in [3.05, 3.63) is 0 Å². The standard InChI is InChI=1S/C7H14O4S2/c1-10-7(3-13)6(9)5(8)4(2-12)11-7/h4-6,8-9,12-13H,2-3H2,1H3. The van der Waals surface area contributed by atoms with Crippen LogP contribution in [-0.2, 0) is 9.47 Å².